The van der Waals surface area contributed by atoms with Crippen molar-refractivity contribution in [3.8, 4) is 5.69 Å². The highest BCUT2D eigenvalue weighted by atomic mass is 79.9. The van der Waals surface area contributed by atoms with E-state index in [2.05, 4.69) is 33.0 Å². The molecule has 0 aliphatic rings. The van der Waals surface area contributed by atoms with Crippen LogP contribution in [-0.4, -0.2) is 9.55 Å². The number of rotatable bonds is 1. The van der Waals surface area contributed by atoms with E-state index in [1.54, 1.807) is 0 Å². The van der Waals surface area contributed by atoms with Crippen LogP contribution in [0.3, 0.4) is 0 Å². The standard InChI is InChI=1S/C10H9BrN2/c1-8-6-12-7-13(8)10-4-2-9(11)3-5-10/h2-7H,1H3. The van der Waals surface area contributed by atoms with Gasteiger partial charge in [0.25, 0.3) is 0 Å². The van der Waals surface area contributed by atoms with Crippen LogP contribution in [0.5, 0.6) is 0 Å². The van der Waals surface area contributed by atoms with Crippen molar-refractivity contribution in [1.29, 1.82) is 0 Å². The van der Waals surface area contributed by atoms with Crippen molar-refractivity contribution in [3.63, 3.8) is 0 Å². The molecule has 0 saturated heterocycles. The van der Waals surface area contributed by atoms with E-state index in [4.69, 9.17) is 0 Å². The molecule has 2 nitrogen and oxygen atoms in total. The van der Waals surface area contributed by atoms with Crippen LogP contribution in [0.15, 0.2) is 41.3 Å². The molecule has 2 rings (SSSR count). The second kappa shape index (κ2) is 3.34. The molecule has 0 aliphatic heterocycles. The van der Waals surface area contributed by atoms with Crippen molar-refractivity contribution in [1.82, 2.24) is 9.55 Å². The van der Waals surface area contributed by atoms with Crippen molar-refractivity contribution >= 4 is 15.9 Å². The molecule has 1 aromatic carbocycles. The first-order valence-electron chi connectivity index (χ1n) is 4.02. The van der Waals surface area contributed by atoms with E-state index in [1.165, 1.54) is 0 Å². The minimum absolute atomic E-state index is 1.09. The number of imidazole rings is 1. The molecule has 0 fully saturated rings. The number of benzene rings is 1. The van der Waals surface area contributed by atoms with Crippen molar-refractivity contribution in [3.05, 3.63) is 47.0 Å². The van der Waals surface area contributed by atoms with Gasteiger partial charge in [0.2, 0.25) is 0 Å². The van der Waals surface area contributed by atoms with Crippen LogP contribution in [-0.2, 0) is 0 Å². The highest BCUT2D eigenvalue weighted by Crippen LogP contribution is 2.14. The van der Waals surface area contributed by atoms with Gasteiger partial charge < -0.3 is 4.57 Å². The molecule has 0 atom stereocenters. The Morgan fingerprint density at radius 3 is 2.46 bits per heavy atom. The molecule has 0 spiro atoms. The van der Waals surface area contributed by atoms with Gasteiger partial charge in [-0.15, -0.1) is 0 Å². The van der Waals surface area contributed by atoms with Gasteiger partial charge in [0, 0.05) is 22.1 Å². The van der Waals surface area contributed by atoms with Gasteiger partial charge in [0.05, 0.1) is 6.33 Å². The van der Waals surface area contributed by atoms with Crippen LogP contribution in [0.25, 0.3) is 5.69 Å². The molecule has 13 heavy (non-hydrogen) atoms. The van der Waals surface area contributed by atoms with Gasteiger partial charge in [0.15, 0.2) is 0 Å². The Balaban J connectivity index is 2.47. The number of hydrogen-bond donors (Lipinski definition) is 0. The predicted octanol–water partition coefficient (Wildman–Crippen LogP) is 2.94. The third kappa shape index (κ3) is 1.65. The second-order valence-corrected chi connectivity index (χ2v) is 3.80. The van der Waals surface area contributed by atoms with E-state index in [0.717, 1.165) is 15.9 Å². The first kappa shape index (κ1) is 8.51. The molecule has 66 valence electrons. The van der Waals surface area contributed by atoms with Gasteiger partial charge in [-0.05, 0) is 31.2 Å². The SMILES string of the molecule is Cc1cncn1-c1ccc(Br)cc1. The van der Waals surface area contributed by atoms with Crippen LogP contribution < -0.4 is 0 Å². The highest BCUT2D eigenvalue weighted by Gasteiger charge is 1.98. The van der Waals surface area contributed by atoms with Gasteiger partial charge in [-0.25, -0.2) is 4.98 Å². The van der Waals surface area contributed by atoms with Crippen LogP contribution in [0, 0.1) is 6.92 Å². The third-order valence-corrected chi connectivity index (χ3v) is 2.46. The Kier molecular flexibility index (Phi) is 2.19. The first-order valence-corrected chi connectivity index (χ1v) is 4.81. The van der Waals surface area contributed by atoms with E-state index in [9.17, 15) is 0 Å². The zero-order valence-corrected chi connectivity index (χ0v) is 8.82. The lowest BCUT2D eigenvalue weighted by Crippen LogP contribution is -1.93. The van der Waals surface area contributed by atoms with E-state index in [-0.39, 0.29) is 0 Å². The average Bonchev–Trinajstić information content (AvgIpc) is 2.53. The highest BCUT2D eigenvalue weighted by molar-refractivity contribution is 9.10. The quantitative estimate of drug-likeness (QED) is 0.745. The lowest BCUT2D eigenvalue weighted by atomic mass is 10.3. The fraction of sp³-hybridized carbons (Fsp3) is 0.100. The van der Waals surface area contributed by atoms with Crippen molar-refractivity contribution < 1.29 is 0 Å². The monoisotopic (exact) mass is 236 g/mol. The third-order valence-electron chi connectivity index (χ3n) is 1.93. The Labute approximate surface area is 85.4 Å². The van der Waals surface area contributed by atoms with Gasteiger partial charge in [-0.3, -0.25) is 0 Å². The van der Waals surface area contributed by atoms with Crippen molar-refractivity contribution in [2.45, 2.75) is 6.92 Å². The van der Waals surface area contributed by atoms with Crippen molar-refractivity contribution in [2.24, 2.45) is 0 Å². The number of aromatic nitrogens is 2. The topological polar surface area (TPSA) is 17.8 Å². The number of hydrogen-bond acceptors (Lipinski definition) is 1. The second-order valence-electron chi connectivity index (χ2n) is 2.88. The fourth-order valence-electron chi connectivity index (χ4n) is 1.23. The fourth-order valence-corrected chi connectivity index (χ4v) is 1.50. The summed E-state index contributed by atoms with van der Waals surface area (Å²) in [4.78, 5) is 4.07. The summed E-state index contributed by atoms with van der Waals surface area (Å²) in [6.45, 7) is 2.04. The van der Waals surface area contributed by atoms with Crippen LogP contribution >= 0.6 is 15.9 Å². The molecule has 1 heterocycles. The summed E-state index contributed by atoms with van der Waals surface area (Å²) in [5.41, 5.74) is 2.28. The summed E-state index contributed by atoms with van der Waals surface area (Å²) in [7, 11) is 0. The molecular weight excluding hydrogens is 228 g/mol. The number of halogens is 1. The zero-order chi connectivity index (χ0) is 9.26. The predicted molar refractivity (Wildman–Crippen MR) is 56.0 cm³/mol. The smallest absolute Gasteiger partial charge is 0.0994 e. The van der Waals surface area contributed by atoms with Crippen LogP contribution in [0.4, 0.5) is 0 Å². The van der Waals surface area contributed by atoms with E-state index >= 15 is 0 Å². The molecular formula is C10H9BrN2. The summed E-state index contributed by atoms with van der Waals surface area (Å²) in [5, 5.41) is 0. The molecule has 0 saturated carbocycles. The minimum Gasteiger partial charge on any atom is -0.304 e. The molecule has 2 aromatic rings. The maximum absolute atomic E-state index is 4.07. The molecule has 1 aromatic heterocycles. The Hall–Kier alpha value is -1.09. The molecule has 0 aliphatic carbocycles. The van der Waals surface area contributed by atoms with Gasteiger partial charge in [0.1, 0.15) is 0 Å². The van der Waals surface area contributed by atoms with E-state index < -0.39 is 0 Å². The summed E-state index contributed by atoms with van der Waals surface area (Å²) < 4.78 is 3.14. The first-order chi connectivity index (χ1) is 6.27. The lowest BCUT2D eigenvalue weighted by molar-refractivity contribution is 1.00. The minimum atomic E-state index is 1.09. The lowest BCUT2D eigenvalue weighted by Gasteiger charge is -2.03. The normalized spacial score (nSPS) is 10.3. The summed E-state index contributed by atoms with van der Waals surface area (Å²) >= 11 is 3.40. The van der Waals surface area contributed by atoms with E-state index in [1.807, 2.05) is 36.1 Å². The largest absolute Gasteiger partial charge is 0.304 e. The maximum atomic E-state index is 4.07. The summed E-state index contributed by atoms with van der Waals surface area (Å²) in [5.74, 6) is 0. The molecule has 3 heteroatoms. The molecule has 0 radical (unpaired) electrons. The van der Waals surface area contributed by atoms with Gasteiger partial charge in [-0.2, -0.15) is 0 Å². The number of aryl methyl sites for hydroxylation is 1. The Bertz CT molecular complexity index is 403. The average molecular weight is 237 g/mol. The van der Waals surface area contributed by atoms with Crippen LogP contribution in [0.2, 0.25) is 0 Å². The molecule has 0 unspecified atom stereocenters. The van der Waals surface area contributed by atoms with Crippen molar-refractivity contribution in [2.75, 3.05) is 0 Å². The Morgan fingerprint density at radius 1 is 1.23 bits per heavy atom. The zero-order valence-electron chi connectivity index (χ0n) is 7.24. The number of nitrogens with zero attached hydrogens (tertiary/aromatic N) is 2. The van der Waals surface area contributed by atoms with Crippen LogP contribution in [0.1, 0.15) is 5.69 Å². The van der Waals surface area contributed by atoms with Gasteiger partial charge in [-0.1, -0.05) is 15.9 Å². The molecule has 0 amide bonds. The van der Waals surface area contributed by atoms with Gasteiger partial charge >= 0.3 is 0 Å². The Morgan fingerprint density at radius 2 is 1.92 bits per heavy atom. The summed E-state index contributed by atoms with van der Waals surface area (Å²) in [6, 6.07) is 8.15. The van der Waals surface area contributed by atoms with E-state index in [0.29, 0.717) is 0 Å². The molecule has 0 N–H and O–H groups in total. The maximum Gasteiger partial charge on any atom is 0.0994 e. The summed E-state index contributed by atoms with van der Waals surface area (Å²) in [6.07, 6.45) is 3.67. The molecule has 0 bridgehead atoms.